The lowest BCUT2D eigenvalue weighted by atomic mass is 9.93. The first-order valence-electron chi connectivity index (χ1n) is 15.7. The molecule has 0 N–H and O–H groups in total. The third-order valence-corrected chi connectivity index (χ3v) is 9.22. The van der Waals surface area contributed by atoms with Crippen LogP contribution in [0.15, 0.2) is 77.8 Å². The minimum absolute atomic E-state index is 0.0541. The van der Waals surface area contributed by atoms with Crippen LogP contribution in [0, 0.1) is 6.92 Å². The molecule has 2 unspecified atom stereocenters. The molecule has 49 heavy (non-hydrogen) atoms. The van der Waals surface area contributed by atoms with Crippen LogP contribution in [0.3, 0.4) is 0 Å². The summed E-state index contributed by atoms with van der Waals surface area (Å²) in [4.78, 5) is 37.8. The summed E-state index contributed by atoms with van der Waals surface area (Å²) in [6.45, 7) is 4.56. The van der Waals surface area contributed by atoms with E-state index in [-0.39, 0.29) is 55.8 Å². The zero-order valence-corrected chi connectivity index (χ0v) is 28.4. The molecule has 9 nitrogen and oxygen atoms in total. The summed E-state index contributed by atoms with van der Waals surface area (Å²) in [6.07, 6.45) is -4.61. The van der Waals surface area contributed by atoms with Crippen LogP contribution in [0.1, 0.15) is 57.4 Å². The molecular formula is C35H33Cl2F3N6O3. The Morgan fingerprint density at radius 1 is 0.878 bits per heavy atom. The minimum Gasteiger partial charge on any atom is -0.493 e. The maximum Gasteiger partial charge on any atom is 0.416 e. The van der Waals surface area contributed by atoms with Crippen molar-refractivity contribution in [1.29, 1.82) is 0 Å². The van der Waals surface area contributed by atoms with E-state index < -0.39 is 29.9 Å². The van der Waals surface area contributed by atoms with Gasteiger partial charge in [0.1, 0.15) is 17.6 Å². The van der Waals surface area contributed by atoms with Gasteiger partial charge < -0.3 is 14.5 Å². The smallest absolute Gasteiger partial charge is 0.416 e. The molecule has 1 saturated heterocycles. The number of nitrogens with zero attached hydrogens (tertiary/aromatic N) is 6. The number of amidine groups is 1. The standard InChI is InChI=1S/C35H33Cl2F3N6O3/c1-4-49-29-20-24(35(38,39)40)9-14-27(29)32-41-30(22-5-10-25(36)11-6-22)31(23-7-12-26(37)13-8-23)46(32)34(48)45-17-15-44(16-18-45)33(47)28-19-21(2)43(3)42-28/h5-14,19-20,30-31H,4,15-18H2,1-3H3. The fourth-order valence-electron chi connectivity index (χ4n) is 6.09. The monoisotopic (exact) mass is 712 g/mol. The third kappa shape index (κ3) is 6.98. The lowest BCUT2D eigenvalue weighted by Crippen LogP contribution is -2.55. The number of amides is 3. The number of halogens is 5. The van der Waals surface area contributed by atoms with E-state index >= 15 is 0 Å². The van der Waals surface area contributed by atoms with Crippen molar-refractivity contribution in [2.24, 2.45) is 12.0 Å². The van der Waals surface area contributed by atoms with Gasteiger partial charge in [-0.3, -0.25) is 19.4 Å². The quantitative estimate of drug-likeness (QED) is 0.207. The van der Waals surface area contributed by atoms with Gasteiger partial charge in [0, 0.05) is 49.0 Å². The van der Waals surface area contributed by atoms with Gasteiger partial charge in [0.15, 0.2) is 5.69 Å². The highest BCUT2D eigenvalue weighted by atomic mass is 35.5. The Balaban J connectivity index is 1.41. The van der Waals surface area contributed by atoms with Crippen LogP contribution in [0.2, 0.25) is 10.0 Å². The highest BCUT2D eigenvalue weighted by molar-refractivity contribution is 6.30. The summed E-state index contributed by atoms with van der Waals surface area (Å²) >= 11 is 12.5. The number of urea groups is 1. The molecule has 2 aliphatic heterocycles. The van der Waals surface area contributed by atoms with Crippen molar-refractivity contribution in [2.45, 2.75) is 32.1 Å². The van der Waals surface area contributed by atoms with Crippen molar-refractivity contribution >= 4 is 41.0 Å². The Kier molecular flexibility index (Phi) is 9.63. The van der Waals surface area contributed by atoms with Crippen LogP contribution in [0.25, 0.3) is 0 Å². The van der Waals surface area contributed by atoms with Gasteiger partial charge in [-0.15, -0.1) is 0 Å². The number of rotatable bonds is 6. The zero-order chi connectivity index (χ0) is 35.0. The number of aryl methyl sites for hydroxylation is 2. The van der Waals surface area contributed by atoms with Crippen molar-refractivity contribution in [3.8, 4) is 5.75 Å². The molecule has 256 valence electrons. The molecule has 0 bridgehead atoms. The van der Waals surface area contributed by atoms with Gasteiger partial charge >= 0.3 is 12.2 Å². The van der Waals surface area contributed by atoms with Crippen molar-refractivity contribution in [2.75, 3.05) is 32.8 Å². The first kappa shape index (κ1) is 34.3. The Bertz CT molecular complexity index is 1870. The van der Waals surface area contributed by atoms with Gasteiger partial charge in [0.05, 0.1) is 23.8 Å². The molecular weight excluding hydrogens is 680 g/mol. The minimum atomic E-state index is -4.61. The van der Waals surface area contributed by atoms with E-state index in [1.807, 2.05) is 19.1 Å². The molecule has 0 radical (unpaired) electrons. The van der Waals surface area contributed by atoms with Crippen LogP contribution >= 0.6 is 23.2 Å². The number of aromatic nitrogens is 2. The molecule has 1 aromatic heterocycles. The SMILES string of the molecule is CCOc1cc(C(F)(F)F)ccc1C1=NC(c2ccc(Cl)cc2)C(c2ccc(Cl)cc2)N1C(=O)N1CCN(C(=O)c2cc(C)n(C)n2)CC1. The number of piperazine rings is 1. The summed E-state index contributed by atoms with van der Waals surface area (Å²) in [5.41, 5.74) is 1.97. The number of benzene rings is 3. The maximum atomic E-state index is 14.7. The summed E-state index contributed by atoms with van der Waals surface area (Å²) in [6, 6.07) is 17.2. The summed E-state index contributed by atoms with van der Waals surface area (Å²) in [5, 5.41) is 5.31. The van der Waals surface area contributed by atoms with Crippen LogP contribution < -0.4 is 4.74 Å². The molecule has 14 heteroatoms. The van der Waals surface area contributed by atoms with Crippen molar-refractivity contribution < 1.29 is 27.5 Å². The van der Waals surface area contributed by atoms with Gasteiger partial charge in [0.25, 0.3) is 5.91 Å². The van der Waals surface area contributed by atoms with E-state index in [0.29, 0.717) is 21.3 Å². The molecule has 3 heterocycles. The van der Waals surface area contributed by atoms with Crippen LogP contribution in [0.4, 0.5) is 18.0 Å². The number of carbonyl (C=O) groups excluding carboxylic acids is 2. The second kappa shape index (κ2) is 13.8. The van der Waals surface area contributed by atoms with E-state index in [1.54, 1.807) is 70.9 Å². The van der Waals surface area contributed by atoms with E-state index in [9.17, 15) is 22.8 Å². The second-order valence-corrected chi connectivity index (χ2v) is 12.7. The Morgan fingerprint density at radius 2 is 1.47 bits per heavy atom. The zero-order valence-electron chi connectivity index (χ0n) is 26.9. The first-order valence-corrected chi connectivity index (χ1v) is 16.4. The molecule has 0 spiro atoms. The molecule has 1 fully saturated rings. The number of carbonyl (C=O) groups is 2. The predicted octanol–water partition coefficient (Wildman–Crippen LogP) is 7.58. The number of alkyl halides is 3. The lowest BCUT2D eigenvalue weighted by molar-refractivity contribution is -0.137. The van der Waals surface area contributed by atoms with E-state index in [2.05, 4.69) is 5.10 Å². The van der Waals surface area contributed by atoms with Gasteiger partial charge in [-0.2, -0.15) is 18.3 Å². The van der Waals surface area contributed by atoms with E-state index in [0.717, 1.165) is 23.4 Å². The number of aliphatic imine (C=N–C) groups is 1. The van der Waals surface area contributed by atoms with Gasteiger partial charge in [-0.25, -0.2) is 4.79 Å². The summed E-state index contributed by atoms with van der Waals surface area (Å²) < 4.78 is 48.8. The maximum absolute atomic E-state index is 14.7. The number of hydrogen-bond acceptors (Lipinski definition) is 5. The van der Waals surface area contributed by atoms with Gasteiger partial charge in [-0.05, 0) is 73.5 Å². The Hall–Kier alpha value is -4.55. The third-order valence-electron chi connectivity index (χ3n) is 8.72. The second-order valence-electron chi connectivity index (χ2n) is 11.8. The Labute approximate surface area is 291 Å². The number of ether oxygens (including phenoxy) is 1. The molecule has 0 saturated carbocycles. The topological polar surface area (TPSA) is 83.3 Å². The van der Waals surface area contributed by atoms with Crippen LogP contribution in [0.5, 0.6) is 5.75 Å². The van der Waals surface area contributed by atoms with Crippen molar-refractivity contribution in [3.05, 3.63) is 116 Å². The van der Waals surface area contributed by atoms with Crippen molar-refractivity contribution in [1.82, 2.24) is 24.5 Å². The fourth-order valence-corrected chi connectivity index (χ4v) is 6.35. The molecule has 4 aromatic rings. The van der Waals surface area contributed by atoms with Gasteiger partial charge in [-0.1, -0.05) is 47.5 Å². The number of hydrogen-bond donors (Lipinski definition) is 0. The first-order chi connectivity index (χ1) is 23.3. The fraction of sp³-hybridized carbons (Fsp3) is 0.314. The van der Waals surface area contributed by atoms with Gasteiger partial charge in [0.2, 0.25) is 0 Å². The summed E-state index contributed by atoms with van der Waals surface area (Å²) in [5.74, 6) is -0.127. The van der Waals surface area contributed by atoms with E-state index in [4.69, 9.17) is 32.9 Å². The molecule has 2 atom stereocenters. The summed E-state index contributed by atoms with van der Waals surface area (Å²) in [7, 11) is 1.76. The van der Waals surface area contributed by atoms with E-state index in [1.165, 1.54) is 11.0 Å². The van der Waals surface area contributed by atoms with Crippen molar-refractivity contribution in [3.63, 3.8) is 0 Å². The Morgan fingerprint density at radius 3 is 2.02 bits per heavy atom. The molecule has 3 aromatic carbocycles. The molecule has 3 amide bonds. The highest BCUT2D eigenvalue weighted by Crippen LogP contribution is 2.46. The molecule has 2 aliphatic rings. The average Bonchev–Trinajstić information content (AvgIpc) is 3.64. The average molecular weight is 714 g/mol. The predicted molar refractivity (Wildman–Crippen MR) is 180 cm³/mol. The normalized spacial score (nSPS) is 18.1. The highest BCUT2D eigenvalue weighted by Gasteiger charge is 2.45. The molecule has 6 rings (SSSR count). The van der Waals surface area contributed by atoms with Crippen LogP contribution in [-0.4, -0.2) is 75.0 Å². The molecule has 0 aliphatic carbocycles. The largest absolute Gasteiger partial charge is 0.493 e. The van der Waals surface area contributed by atoms with Crippen LogP contribution in [-0.2, 0) is 13.2 Å². The lowest BCUT2D eigenvalue weighted by Gasteiger charge is -2.39.